The molecule has 0 spiro atoms. The fourth-order valence-corrected chi connectivity index (χ4v) is 0.949. The third-order valence-corrected chi connectivity index (χ3v) is 2.19. The Labute approximate surface area is 87.9 Å². The molecule has 14 heavy (non-hydrogen) atoms. The van der Waals surface area contributed by atoms with Gasteiger partial charge in [0.05, 0.1) is 6.04 Å². The molecule has 0 radical (unpaired) electrons. The van der Waals surface area contributed by atoms with Crippen LogP contribution in [0.1, 0.15) is 34.1 Å². The van der Waals surface area contributed by atoms with Gasteiger partial charge in [0.2, 0.25) is 0 Å². The number of allylic oxidation sites excluding steroid dienone is 4. The van der Waals surface area contributed by atoms with Crippen LogP contribution in [0.4, 0.5) is 0 Å². The van der Waals surface area contributed by atoms with E-state index in [9.17, 15) is 0 Å². The number of aliphatic imine (C=N–C) groups is 1. The molecule has 0 N–H and O–H groups in total. The van der Waals surface area contributed by atoms with Gasteiger partial charge in [-0.25, -0.2) is 0 Å². The summed E-state index contributed by atoms with van der Waals surface area (Å²) in [5, 5.41) is 0. The first-order valence-corrected chi connectivity index (χ1v) is 5.11. The lowest BCUT2D eigenvalue weighted by Crippen LogP contribution is -2.03. The van der Waals surface area contributed by atoms with Crippen LogP contribution in [0.15, 0.2) is 41.4 Å². The van der Waals surface area contributed by atoms with Gasteiger partial charge in [0.15, 0.2) is 0 Å². The van der Waals surface area contributed by atoms with Crippen molar-refractivity contribution >= 4 is 5.71 Å². The van der Waals surface area contributed by atoms with E-state index in [0.717, 1.165) is 6.42 Å². The summed E-state index contributed by atoms with van der Waals surface area (Å²) in [7, 11) is 0. The van der Waals surface area contributed by atoms with Crippen molar-refractivity contribution in [2.24, 2.45) is 4.99 Å². The first-order chi connectivity index (χ1) is 6.61. The molecular weight excluding hydrogens is 170 g/mol. The second-order valence-electron chi connectivity index (χ2n) is 3.43. The van der Waals surface area contributed by atoms with E-state index in [1.807, 2.05) is 12.2 Å². The van der Waals surface area contributed by atoms with Crippen LogP contribution in [-0.4, -0.2) is 11.8 Å². The van der Waals surface area contributed by atoms with E-state index in [-0.39, 0.29) is 6.04 Å². The van der Waals surface area contributed by atoms with Crippen molar-refractivity contribution < 1.29 is 0 Å². The zero-order valence-corrected chi connectivity index (χ0v) is 9.75. The molecule has 0 aliphatic heterocycles. The zero-order chi connectivity index (χ0) is 11.0. The molecule has 0 heterocycles. The maximum absolute atomic E-state index is 4.56. The van der Waals surface area contributed by atoms with Gasteiger partial charge < -0.3 is 0 Å². The van der Waals surface area contributed by atoms with E-state index in [1.165, 1.54) is 11.3 Å². The van der Waals surface area contributed by atoms with Crippen LogP contribution in [-0.2, 0) is 0 Å². The number of nitrogens with zero attached hydrogens (tertiary/aromatic N) is 1. The smallest absolute Gasteiger partial charge is 0.0680 e. The summed E-state index contributed by atoms with van der Waals surface area (Å²) in [6.45, 7) is 12.0. The van der Waals surface area contributed by atoms with Crippen molar-refractivity contribution in [3.63, 3.8) is 0 Å². The van der Waals surface area contributed by atoms with Crippen molar-refractivity contribution in [1.82, 2.24) is 0 Å². The highest BCUT2D eigenvalue weighted by Gasteiger charge is 2.00. The quantitative estimate of drug-likeness (QED) is 0.461. The SMILES string of the molecule is C=C/C=C\C=C(\C)C(C)/N=C(/C)CC. The summed E-state index contributed by atoms with van der Waals surface area (Å²) in [4.78, 5) is 4.56. The van der Waals surface area contributed by atoms with Gasteiger partial charge in [-0.2, -0.15) is 0 Å². The minimum Gasteiger partial charge on any atom is -0.287 e. The molecular formula is C13H21N. The summed E-state index contributed by atoms with van der Waals surface area (Å²) >= 11 is 0. The minimum atomic E-state index is 0.282. The first kappa shape index (κ1) is 12.9. The van der Waals surface area contributed by atoms with Crippen LogP contribution in [0.2, 0.25) is 0 Å². The molecule has 0 aromatic carbocycles. The summed E-state index contributed by atoms with van der Waals surface area (Å²) in [6.07, 6.45) is 8.80. The minimum absolute atomic E-state index is 0.282. The maximum atomic E-state index is 4.56. The van der Waals surface area contributed by atoms with Crippen LogP contribution in [0.5, 0.6) is 0 Å². The lowest BCUT2D eigenvalue weighted by molar-refractivity contribution is 0.855. The Morgan fingerprint density at radius 2 is 2.00 bits per heavy atom. The Kier molecular flexibility index (Phi) is 6.73. The van der Waals surface area contributed by atoms with Crippen molar-refractivity contribution in [2.75, 3.05) is 0 Å². The Balaban J connectivity index is 4.38. The fraction of sp³-hybridized carbons (Fsp3) is 0.462. The van der Waals surface area contributed by atoms with E-state index in [2.05, 4.69) is 45.3 Å². The molecule has 0 aromatic rings. The average molecular weight is 191 g/mol. The summed E-state index contributed by atoms with van der Waals surface area (Å²) < 4.78 is 0. The molecule has 0 saturated carbocycles. The van der Waals surface area contributed by atoms with Crippen LogP contribution >= 0.6 is 0 Å². The van der Waals surface area contributed by atoms with E-state index < -0.39 is 0 Å². The lowest BCUT2D eigenvalue weighted by Gasteiger charge is -2.07. The molecule has 1 atom stereocenters. The zero-order valence-electron chi connectivity index (χ0n) is 9.75. The molecule has 0 aliphatic carbocycles. The maximum Gasteiger partial charge on any atom is 0.0680 e. The van der Waals surface area contributed by atoms with Gasteiger partial charge in [-0.05, 0) is 32.8 Å². The van der Waals surface area contributed by atoms with E-state index in [4.69, 9.17) is 0 Å². The third-order valence-electron chi connectivity index (χ3n) is 2.19. The second-order valence-corrected chi connectivity index (χ2v) is 3.43. The Bertz CT molecular complexity index is 256. The molecule has 1 unspecified atom stereocenters. The third kappa shape index (κ3) is 5.52. The van der Waals surface area contributed by atoms with Crippen molar-refractivity contribution in [1.29, 1.82) is 0 Å². The number of hydrogen-bond acceptors (Lipinski definition) is 1. The largest absolute Gasteiger partial charge is 0.287 e. The molecule has 0 amide bonds. The van der Waals surface area contributed by atoms with Gasteiger partial charge in [-0.15, -0.1) is 0 Å². The van der Waals surface area contributed by atoms with E-state index in [0.29, 0.717) is 0 Å². The number of rotatable bonds is 5. The topological polar surface area (TPSA) is 12.4 Å². The predicted octanol–water partition coefficient (Wildman–Crippen LogP) is 3.93. The summed E-state index contributed by atoms with van der Waals surface area (Å²) in [5.74, 6) is 0. The van der Waals surface area contributed by atoms with Crippen LogP contribution in [0.3, 0.4) is 0 Å². The molecule has 1 heteroatoms. The molecule has 0 saturated heterocycles. The summed E-state index contributed by atoms with van der Waals surface area (Å²) in [5.41, 5.74) is 2.48. The van der Waals surface area contributed by atoms with Crippen LogP contribution in [0.25, 0.3) is 0 Å². The van der Waals surface area contributed by atoms with Gasteiger partial charge in [0.25, 0.3) is 0 Å². The monoisotopic (exact) mass is 191 g/mol. The highest BCUT2D eigenvalue weighted by molar-refractivity contribution is 5.81. The number of hydrogen-bond donors (Lipinski definition) is 0. The highest BCUT2D eigenvalue weighted by Crippen LogP contribution is 2.06. The van der Waals surface area contributed by atoms with E-state index in [1.54, 1.807) is 6.08 Å². The molecule has 1 nitrogen and oxygen atoms in total. The standard InChI is InChI=1S/C13H21N/c1-6-8-9-10-11(3)13(5)14-12(4)7-2/h6,8-10,13H,1,7H2,2-5H3/b9-8-,11-10-,14-12-. The van der Waals surface area contributed by atoms with Crippen molar-refractivity contribution in [3.05, 3.63) is 36.5 Å². The Hall–Kier alpha value is -1.11. The average Bonchev–Trinajstić information content (AvgIpc) is 2.17. The second kappa shape index (κ2) is 7.31. The van der Waals surface area contributed by atoms with Gasteiger partial charge in [-0.3, -0.25) is 4.99 Å². The van der Waals surface area contributed by atoms with Crippen LogP contribution in [0, 0.1) is 0 Å². The van der Waals surface area contributed by atoms with Gasteiger partial charge in [0.1, 0.15) is 0 Å². The van der Waals surface area contributed by atoms with Gasteiger partial charge in [-0.1, -0.05) is 37.8 Å². The van der Waals surface area contributed by atoms with Gasteiger partial charge >= 0.3 is 0 Å². The molecule has 0 bridgehead atoms. The van der Waals surface area contributed by atoms with Crippen molar-refractivity contribution in [3.8, 4) is 0 Å². The lowest BCUT2D eigenvalue weighted by atomic mass is 10.1. The normalized spacial score (nSPS) is 16.0. The molecule has 0 aliphatic rings. The molecule has 0 rings (SSSR count). The summed E-state index contributed by atoms with van der Waals surface area (Å²) in [6, 6.07) is 0.282. The highest BCUT2D eigenvalue weighted by atomic mass is 14.8. The van der Waals surface area contributed by atoms with E-state index >= 15 is 0 Å². The molecule has 0 fully saturated rings. The predicted molar refractivity (Wildman–Crippen MR) is 66.0 cm³/mol. The van der Waals surface area contributed by atoms with Crippen molar-refractivity contribution in [2.45, 2.75) is 40.2 Å². The fourth-order valence-electron chi connectivity index (χ4n) is 0.949. The molecule has 0 aromatic heterocycles. The molecule has 78 valence electrons. The van der Waals surface area contributed by atoms with Crippen LogP contribution < -0.4 is 0 Å². The Morgan fingerprint density at radius 3 is 2.50 bits per heavy atom. The van der Waals surface area contributed by atoms with Gasteiger partial charge in [0, 0.05) is 5.71 Å². The first-order valence-electron chi connectivity index (χ1n) is 5.11. The Morgan fingerprint density at radius 1 is 1.36 bits per heavy atom.